The molecule has 0 bridgehead atoms. The van der Waals surface area contributed by atoms with E-state index >= 15 is 0 Å². The number of hydrogen-bond acceptors (Lipinski definition) is 7. The van der Waals surface area contributed by atoms with E-state index in [1.807, 2.05) is 16.7 Å². The summed E-state index contributed by atoms with van der Waals surface area (Å²) in [5.74, 6) is 1.06. The van der Waals surface area contributed by atoms with Gasteiger partial charge in [0.05, 0.1) is 28.1 Å². The number of rotatable bonds is 6. The van der Waals surface area contributed by atoms with Crippen LogP contribution in [0.4, 0.5) is 0 Å². The van der Waals surface area contributed by atoms with Crippen LogP contribution in [0.3, 0.4) is 0 Å². The summed E-state index contributed by atoms with van der Waals surface area (Å²) >= 11 is 1.38. The Morgan fingerprint density at radius 2 is 1.94 bits per heavy atom. The molecule has 3 heterocycles. The van der Waals surface area contributed by atoms with Gasteiger partial charge in [-0.05, 0) is 37.1 Å². The lowest BCUT2D eigenvalue weighted by Gasteiger charge is -2.30. The predicted molar refractivity (Wildman–Crippen MR) is 136 cm³/mol. The van der Waals surface area contributed by atoms with Gasteiger partial charge in [0.15, 0.2) is 16.3 Å². The average Bonchev–Trinajstić information content (AvgIpc) is 3.23. The number of methoxy groups -OCH3 is 1. The standard InChI is InChI=1S/C25H27N3O6S2/c1-3-10-28-20-14-21-22(34-13-12-33-21)15-23(20)35-25(28)26-24(29)17-5-4-11-27(16-17)36(30,31)19-8-6-18(32-2)7-9-19/h3,6-9,14-15,17H,1,4-5,10-13,16H2,2H3. The number of piperidine rings is 1. The maximum atomic E-state index is 13.3. The minimum atomic E-state index is -3.73. The molecule has 11 heteroatoms. The summed E-state index contributed by atoms with van der Waals surface area (Å²) < 4.78 is 47.1. The van der Waals surface area contributed by atoms with Gasteiger partial charge in [-0.3, -0.25) is 4.79 Å². The summed E-state index contributed by atoms with van der Waals surface area (Å²) in [5, 5.41) is 0. The molecule has 3 aromatic rings. The lowest BCUT2D eigenvalue weighted by atomic mass is 9.99. The minimum absolute atomic E-state index is 0.0963. The normalized spacial score (nSPS) is 18.8. The van der Waals surface area contributed by atoms with Crippen molar-refractivity contribution >= 4 is 37.5 Å². The highest BCUT2D eigenvalue weighted by molar-refractivity contribution is 7.89. The molecule has 2 aliphatic rings. The second-order valence-corrected chi connectivity index (χ2v) is 11.5. The second kappa shape index (κ2) is 10.1. The molecule has 1 atom stereocenters. The fourth-order valence-corrected chi connectivity index (χ4v) is 7.02. The summed E-state index contributed by atoms with van der Waals surface area (Å²) in [6.45, 7) is 5.74. The van der Waals surface area contributed by atoms with Crippen molar-refractivity contribution in [2.24, 2.45) is 10.9 Å². The highest BCUT2D eigenvalue weighted by Gasteiger charge is 2.33. The third-order valence-electron chi connectivity index (χ3n) is 6.29. The molecule has 36 heavy (non-hydrogen) atoms. The molecule has 1 fully saturated rings. The fraction of sp³-hybridized carbons (Fsp3) is 0.360. The van der Waals surface area contributed by atoms with Crippen LogP contribution in [0.25, 0.3) is 10.2 Å². The highest BCUT2D eigenvalue weighted by atomic mass is 32.2. The van der Waals surface area contributed by atoms with Gasteiger partial charge >= 0.3 is 0 Å². The molecule has 1 aromatic heterocycles. The average molecular weight is 530 g/mol. The van der Waals surface area contributed by atoms with Gasteiger partial charge in [0.25, 0.3) is 5.91 Å². The predicted octanol–water partition coefficient (Wildman–Crippen LogP) is 3.20. The Balaban J connectivity index is 1.43. The Morgan fingerprint density at radius 1 is 1.22 bits per heavy atom. The van der Waals surface area contributed by atoms with Crippen LogP contribution in [0.15, 0.2) is 58.9 Å². The Labute approximate surface area is 213 Å². The van der Waals surface area contributed by atoms with Crippen molar-refractivity contribution in [3.8, 4) is 17.2 Å². The van der Waals surface area contributed by atoms with Gasteiger partial charge in [0, 0.05) is 31.8 Å². The first kappa shape index (κ1) is 24.5. The molecule has 9 nitrogen and oxygen atoms in total. The zero-order chi connectivity index (χ0) is 25.3. The first-order valence-electron chi connectivity index (χ1n) is 11.7. The van der Waals surface area contributed by atoms with Gasteiger partial charge in [0.2, 0.25) is 10.0 Å². The number of thiazole rings is 1. The smallest absolute Gasteiger partial charge is 0.252 e. The molecule has 1 unspecified atom stereocenters. The van der Waals surface area contributed by atoms with Gasteiger partial charge in [0.1, 0.15) is 19.0 Å². The number of ether oxygens (including phenoxy) is 3. The topological polar surface area (TPSA) is 99.4 Å². The van der Waals surface area contributed by atoms with E-state index < -0.39 is 15.9 Å². The van der Waals surface area contributed by atoms with E-state index in [-0.39, 0.29) is 17.3 Å². The molecule has 190 valence electrons. The van der Waals surface area contributed by atoms with Crippen molar-refractivity contribution in [1.82, 2.24) is 8.87 Å². The van der Waals surface area contributed by atoms with Crippen LogP contribution in [0.1, 0.15) is 12.8 Å². The molecular weight excluding hydrogens is 502 g/mol. The first-order valence-corrected chi connectivity index (χ1v) is 13.9. The number of carbonyl (C=O) groups excluding carboxylic acids is 1. The number of amides is 1. The van der Waals surface area contributed by atoms with Crippen LogP contribution in [-0.4, -0.2) is 56.6 Å². The monoisotopic (exact) mass is 529 g/mol. The van der Waals surface area contributed by atoms with Crippen LogP contribution in [0.2, 0.25) is 0 Å². The molecule has 5 rings (SSSR count). The second-order valence-electron chi connectivity index (χ2n) is 8.58. The number of carbonyl (C=O) groups is 1. The van der Waals surface area contributed by atoms with E-state index in [0.29, 0.717) is 61.2 Å². The lowest BCUT2D eigenvalue weighted by molar-refractivity contribution is -0.122. The molecule has 2 aromatic carbocycles. The highest BCUT2D eigenvalue weighted by Crippen LogP contribution is 2.35. The molecular formula is C25H27N3O6S2. The zero-order valence-electron chi connectivity index (χ0n) is 19.9. The van der Waals surface area contributed by atoms with Crippen LogP contribution in [-0.2, 0) is 21.4 Å². The molecule has 1 amide bonds. The molecule has 1 saturated heterocycles. The molecule has 0 radical (unpaired) electrons. The van der Waals surface area contributed by atoms with Gasteiger partial charge in [-0.2, -0.15) is 9.30 Å². The van der Waals surface area contributed by atoms with Crippen molar-refractivity contribution in [1.29, 1.82) is 0 Å². The summed E-state index contributed by atoms with van der Waals surface area (Å²) in [5.41, 5.74) is 0.878. The molecule has 0 spiro atoms. The largest absolute Gasteiger partial charge is 0.497 e. The molecule has 0 aliphatic carbocycles. The zero-order valence-corrected chi connectivity index (χ0v) is 21.5. The summed E-state index contributed by atoms with van der Waals surface area (Å²) in [6.07, 6.45) is 2.91. The molecule has 2 aliphatic heterocycles. The SMILES string of the molecule is C=CCn1c(=NC(=O)C2CCCN(S(=O)(=O)c3ccc(OC)cc3)C2)sc2cc3c(cc21)OCCO3. The fourth-order valence-electron chi connectivity index (χ4n) is 4.44. The molecule has 0 N–H and O–H groups in total. The maximum Gasteiger partial charge on any atom is 0.252 e. The van der Waals surface area contributed by atoms with Crippen molar-refractivity contribution in [3.63, 3.8) is 0 Å². The number of allylic oxidation sites excluding steroid dienone is 1. The summed E-state index contributed by atoms with van der Waals surface area (Å²) in [4.78, 5) is 18.4. The number of nitrogens with zero attached hydrogens (tertiary/aromatic N) is 3. The van der Waals surface area contributed by atoms with E-state index in [9.17, 15) is 13.2 Å². The van der Waals surface area contributed by atoms with Crippen LogP contribution >= 0.6 is 11.3 Å². The van der Waals surface area contributed by atoms with Crippen LogP contribution in [0, 0.1) is 5.92 Å². The van der Waals surface area contributed by atoms with Crippen molar-refractivity contribution < 1.29 is 27.4 Å². The quantitative estimate of drug-likeness (QED) is 0.455. The number of benzene rings is 2. The number of sulfonamides is 1. The number of hydrogen-bond donors (Lipinski definition) is 0. The lowest BCUT2D eigenvalue weighted by Crippen LogP contribution is -2.42. The maximum absolute atomic E-state index is 13.3. The van der Waals surface area contributed by atoms with Gasteiger partial charge in [-0.25, -0.2) is 8.42 Å². The third-order valence-corrected chi connectivity index (χ3v) is 9.22. The molecule has 0 saturated carbocycles. The number of aromatic nitrogens is 1. The van der Waals surface area contributed by atoms with Crippen molar-refractivity contribution in [2.45, 2.75) is 24.3 Å². The van der Waals surface area contributed by atoms with E-state index in [1.54, 1.807) is 18.2 Å². The summed E-state index contributed by atoms with van der Waals surface area (Å²) in [7, 11) is -2.21. The van der Waals surface area contributed by atoms with Crippen molar-refractivity contribution in [3.05, 3.63) is 53.9 Å². The van der Waals surface area contributed by atoms with Gasteiger partial charge in [-0.1, -0.05) is 17.4 Å². The Kier molecular flexibility index (Phi) is 6.87. The van der Waals surface area contributed by atoms with E-state index in [1.165, 1.54) is 34.9 Å². The van der Waals surface area contributed by atoms with Gasteiger partial charge in [-0.15, -0.1) is 6.58 Å². The van der Waals surface area contributed by atoms with E-state index in [4.69, 9.17) is 14.2 Å². The minimum Gasteiger partial charge on any atom is -0.497 e. The van der Waals surface area contributed by atoms with Crippen molar-refractivity contribution in [2.75, 3.05) is 33.4 Å². The van der Waals surface area contributed by atoms with E-state index in [2.05, 4.69) is 11.6 Å². The number of fused-ring (bicyclic) bond motifs is 2. The van der Waals surface area contributed by atoms with Crippen LogP contribution in [0.5, 0.6) is 17.2 Å². The summed E-state index contributed by atoms with van der Waals surface area (Å²) in [6, 6.07) is 10.1. The van der Waals surface area contributed by atoms with E-state index in [0.717, 1.165) is 10.2 Å². The Bertz CT molecular complexity index is 1470. The van der Waals surface area contributed by atoms with Gasteiger partial charge < -0.3 is 18.8 Å². The van der Waals surface area contributed by atoms with Crippen LogP contribution < -0.4 is 19.0 Å². The third kappa shape index (κ3) is 4.65. The first-order chi connectivity index (χ1) is 17.4. The Hall–Kier alpha value is -3.15. The Morgan fingerprint density at radius 3 is 2.64 bits per heavy atom.